The number of aromatic nitrogens is 5. The van der Waals surface area contributed by atoms with Gasteiger partial charge in [0, 0.05) is 31.9 Å². The summed E-state index contributed by atoms with van der Waals surface area (Å²) in [5, 5.41) is 11.7. The number of nitrogens with one attached hydrogen (secondary N) is 1. The summed E-state index contributed by atoms with van der Waals surface area (Å²) in [6.45, 7) is 2.76. The summed E-state index contributed by atoms with van der Waals surface area (Å²) in [5.41, 5.74) is 1.17. The van der Waals surface area contributed by atoms with E-state index in [1.807, 2.05) is 26.5 Å². The normalized spacial score (nSPS) is 12.9. The lowest BCUT2D eigenvalue weighted by Gasteiger charge is -2.09. The molecule has 0 aliphatic carbocycles. The minimum Gasteiger partial charge on any atom is -0.303 e. The van der Waals surface area contributed by atoms with Crippen LogP contribution in [0.15, 0.2) is 18.7 Å². The van der Waals surface area contributed by atoms with Gasteiger partial charge in [0.25, 0.3) is 0 Å². The van der Waals surface area contributed by atoms with Crippen molar-refractivity contribution in [3.63, 3.8) is 0 Å². The van der Waals surface area contributed by atoms with Gasteiger partial charge < -0.3 is 5.32 Å². The third-order valence-electron chi connectivity index (χ3n) is 2.44. The van der Waals surface area contributed by atoms with E-state index in [0.717, 1.165) is 5.82 Å². The molecule has 0 saturated carbocycles. The molecule has 1 atom stereocenters. The van der Waals surface area contributed by atoms with Crippen molar-refractivity contribution in [1.82, 2.24) is 29.9 Å². The van der Waals surface area contributed by atoms with E-state index < -0.39 is 0 Å². The third kappa shape index (κ3) is 2.46. The molecule has 0 radical (unpaired) electrons. The SMILES string of the molecule is CC(NCc1ncn(C)n1)c1cnn(C)c1. The maximum absolute atomic E-state index is 4.20. The largest absolute Gasteiger partial charge is 0.303 e. The highest BCUT2D eigenvalue weighted by molar-refractivity contribution is 5.08. The topological polar surface area (TPSA) is 60.6 Å². The van der Waals surface area contributed by atoms with Gasteiger partial charge in [0.1, 0.15) is 6.33 Å². The molecule has 1 unspecified atom stereocenters. The molecule has 6 nitrogen and oxygen atoms in total. The highest BCUT2D eigenvalue weighted by Gasteiger charge is 2.07. The highest BCUT2D eigenvalue weighted by Crippen LogP contribution is 2.10. The van der Waals surface area contributed by atoms with Gasteiger partial charge in [0.05, 0.1) is 12.7 Å². The summed E-state index contributed by atoms with van der Waals surface area (Å²) in [5.74, 6) is 0.804. The minimum atomic E-state index is 0.248. The summed E-state index contributed by atoms with van der Waals surface area (Å²) in [6.07, 6.45) is 5.57. The first-order chi connectivity index (χ1) is 7.65. The Labute approximate surface area is 94.3 Å². The van der Waals surface area contributed by atoms with Crippen LogP contribution in [0, 0.1) is 0 Å². The van der Waals surface area contributed by atoms with E-state index in [1.54, 1.807) is 15.7 Å². The zero-order valence-corrected chi connectivity index (χ0v) is 9.75. The average Bonchev–Trinajstić information content (AvgIpc) is 2.84. The number of hydrogen-bond acceptors (Lipinski definition) is 4. The van der Waals surface area contributed by atoms with Gasteiger partial charge in [-0.15, -0.1) is 0 Å². The first-order valence-corrected chi connectivity index (χ1v) is 5.21. The van der Waals surface area contributed by atoms with Crippen molar-refractivity contribution >= 4 is 0 Å². The predicted molar refractivity (Wildman–Crippen MR) is 59.5 cm³/mol. The van der Waals surface area contributed by atoms with Gasteiger partial charge in [0.2, 0.25) is 0 Å². The van der Waals surface area contributed by atoms with Crippen molar-refractivity contribution in [3.05, 3.63) is 30.1 Å². The van der Waals surface area contributed by atoms with Crippen LogP contribution >= 0.6 is 0 Å². The molecule has 0 aliphatic heterocycles. The Morgan fingerprint density at radius 3 is 2.75 bits per heavy atom. The number of rotatable bonds is 4. The Bertz CT molecular complexity index is 457. The van der Waals surface area contributed by atoms with E-state index in [-0.39, 0.29) is 6.04 Å². The molecule has 0 bridgehead atoms. The molecule has 86 valence electrons. The standard InChI is InChI=1S/C10H16N6/c1-8(9-4-13-15(2)6-9)11-5-10-12-7-16(3)14-10/h4,6-8,11H,5H2,1-3H3. The predicted octanol–water partition coefficient (Wildman–Crippen LogP) is 0.399. The van der Waals surface area contributed by atoms with Crippen LogP contribution in [0.4, 0.5) is 0 Å². The fourth-order valence-electron chi connectivity index (χ4n) is 1.49. The van der Waals surface area contributed by atoms with Crippen molar-refractivity contribution in [3.8, 4) is 0 Å². The smallest absolute Gasteiger partial charge is 0.164 e. The Morgan fingerprint density at radius 2 is 2.19 bits per heavy atom. The molecular formula is C10H16N6. The molecular weight excluding hydrogens is 204 g/mol. The van der Waals surface area contributed by atoms with Gasteiger partial charge in [-0.25, -0.2) is 4.98 Å². The van der Waals surface area contributed by atoms with E-state index in [1.165, 1.54) is 5.56 Å². The molecule has 0 spiro atoms. The van der Waals surface area contributed by atoms with E-state index in [4.69, 9.17) is 0 Å². The maximum atomic E-state index is 4.20. The highest BCUT2D eigenvalue weighted by atomic mass is 15.3. The quantitative estimate of drug-likeness (QED) is 0.810. The second-order valence-corrected chi connectivity index (χ2v) is 3.88. The van der Waals surface area contributed by atoms with E-state index in [2.05, 4.69) is 27.4 Å². The molecule has 2 heterocycles. The first-order valence-electron chi connectivity index (χ1n) is 5.21. The zero-order chi connectivity index (χ0) is 11.5. The van der Waals surface area contributed by atoms with E-state index >= 15 is 0 Å². The van der Waals surface area contributed by atoms with Crippen molar-refractivity contribution < 1.29 is 0 Å². The summed E-state index contributed by atoms with van der Waals surface area (Å²) in [7, 11) is 3.78. The van der Waals surface area contributed by atoms with Gasteiger partial charge in [0.15, 0.2) is 5.82 Å². The second-order valence-electron chi connectivity index (χ2n) is 3.88. The summed E-state index contributed by atoms with van der Waals surface area (Å²) in [6, 6.07) is 0.248. The molecule has 0 aromatic carbocycles. The number of nitrogens with zero attached hydrogens (tertiary/aromatic N) is 5. The van der Waals surface area contributed by atoms with Crippen molar-refractivity contribution in [1.29, 1.82) is 0 Å². The molecule has 2 aromatic heterocycles. The fourth-order valence-corrected chi connectivity index (χ4v) is 1.49. The van der Waals surface area contributed by atoms with Gasteiger partial charge >= 0.3 is 0 Å². The van der Waals surface area contributed by atoms with Crippen LogP contribution in [-0.2, 0) is 20.6 Å². The van der Waals surface area contributed by atoms with Gasteiger partial charge in [-0.1, -0.05) is 0 Å². The van der Waals surface area contributed by atoms with Gasteiger partial charge in [-0.05, 0) is 6.92 Å². The lowest BCUT2D eigenvalue weighted by Crippen LogP contribution is -2.18. The van der Waals surface area contributed by atoms with Crippen LogP contribution in [0.2, 0.25) is 0 Å². The van der Waals surface area contributed by atoms with Crippen molar-refractivity contribution in [2.24, 2.45) is 14.1 Å². The second kappa shape index (κ2) is 4.44. The van der Waals surface area contributed by atoms with Crippen LogP contribution < -0.4 is 5.32 Å². The lowest BCUT2D eigenvalue weighted by molar-refractivity contribution is 0.555. The van der Waals surface area contributed by atoms with Gasteiger partial charge in [-0.2, -0.15) is 10.2 Å². The number of hydrogen-bond donors (Lipinski definition) is 1. The van der Waals surface area contributed by atoms with Crippen molar-refractivity contribution in [2.75, 3.05) is 0 Å². The molecule has 16 heavy (non-hydrogen) atoms. The first kappa shape index (κ1) is 10.8. The summed E-state index contributed by atoms with van der Waals surface area (Å²) in [4.78, 5) is 4.16. The Hall–Kier alpha value is -1.69. The number of aryl methyl sites for hydroxylation is 2. The molecule has 0 aliphatic rings. The minimum absolute atomic E-state index is 0.248. The monoisotopic (exact) mass is 220 g/mol. The summed E-state index contributed by atoms with van der Waals surface area (Å²) >= 11 is 0. The molecule has 2 rings (SSSR count). The lowest BCUT2D eigenvalue weighted by atomic mass is 10.2. The Kier molecular flexibility index (Phi) is 3.00. The third-order valence-corrected chi connectivity index (χ3v) is 2.44. The molecule has 0 amide bonds. The maximum Gasteiger partial charge on any atom is 0.164 e. The molecule has 0 saturated heterocycles. The van der Waals surface area contributed by atoms with E-state index in [9.17, 15) is 0 Å². The van der Waals surface area contributed by atoms with Crippen LogP contribution in [-0.4, -0.2) is 24.5 Å². The molecule has 0 fully saturated rings. The Balaban J connectivity index is 1.91. The van der Waals surface area contributed by atoms with Crippen LogP contribution in [0.25, 0.3) is 0 Å². The zero-order valence-electron chi connectivity index (χ0n) is 9.75. The van der Waals surface area contributed by atoms with Crippen LogP contribution in [0.3, 0.4) is 0 Å². The average molecular weight is 220 g/mol. The fraction of sp³-hybridized carbons (Fsp3) is 0.500. The Morgan fingerprint density at radius 1 is 1.38 bits per heavy atom. The van der Waals surface area contributed by atoms with E-state index in [0.29, 0.717) is 6.54 Å². The van der Waals surface area contributed by atoms with Gasteiger partial charge in [-0.3, -0.25) is 9.36 Å². The molecule has 2 aromatic rings. The van der Waals surface area contributed by atoms with Crippen LogP contribution in [0.1, 0.15) is 24.4 Å². The van der Waals surface area contributed by atoms with Crippen LogP contribution in [0.5, 0.6) is 0 Å². The van der Waals surface area contributed by atoms with Crippen molar-refractivity contribution in [2.45, 2.75) is 19.5 Å². The summed E-state index contributed by atoms with van der Waals surface area (Å²) < 4.78 is 3.50. The molecule has 6 heteroatoms. The molecule has 1 N–H and O–H groups in total.